The lowest BCUT2D eigenvalue weighted by atomic mass is 10.2. The number of nitrogens with zero attached hydrogens (tertiary/aromatic N) is 4. The van der Waals surface area contributed by atoms with Gasteiger partial charge in [0, 0.05) is 18.3 Å². The normalized spacial score (nSPS) is 12.9. The standard InChI is InChI=1S/C22H21N5O5/c1-2-9-25-20(29)15-5-3-4-6-16(15)27-21(25)24-26(22(27)30)13-19(28)23-14-7-8-17-18(12-14)32-11-10-31-17/h3-8,12H,2,9-11,13H2,1H3,(H,23,28). The molecular formula is C22H21N5O5. The number of para-hydroxylation sites is 1. The summed E-state index contributed by atoms with van der Waals surface area (Å²) >= 11 is 0. The number of carbonyl (C=O) groups is 1. The second-order valence-corrected chi connectivity index (χ2v) is 7.46. The Morgan fingerprint density at radius 1 is 1.09 bits per heavy atom. The van der Waals surface area contributed by atoms with Crippen LogP contribution in [0.5, 0.6) is 11.5 Å². The number of carbonyl (C=O) groups excluding carboxylic acids is 1. The molecule has 0 saturated heterocycles. The van der Waals surface area contributed by atoms with Crippen LogP contribution in [0, 0.1) is 0 Å². The van der Waals surface area contributed by atoms with Crippen molar-refractivity contribution < 1.29 is 14.3 Å². The van der Waals surface area contributed by atoms with Crippen molar-refractivity contribution in [2.45, 2.75) is 26.4 Å². The van der Waals surface area contributed by atoms with E-state index in [1.807, 2.05) is 6.92 Å². The van der Waals surface area contributed by atoms with Gasteiger partial charge in [-0.3, -0.25) is 14.2 Å². The quantitative estimate of drug-likeness (QED) is 0.510. The Bertz CT molecular complexity index is 1470. The van der Waals surface area contributed by atoms with Crippen LogP contribution in [0.25, 0.3) is 16.7 Å². The fourth-order valence-corrected chi connectivity index (χ4v) is 3.85. The summed E-state index contributed by atoms with van der Waals surface area (Å²) in [5.41, 5.74) is 0.277. The number of fused-ring (bicyclic) bond motifs is 4. The third-order valence-corrected chi connectivity index (χ3v) is 5.25. The number of nitrogens with one attached hydrogen (secondary N) is 1. The molecule has 10 heteroatoms. The lowest BCUT2D eigenvalue weighted by molar-refractivity contribution is -0.117. The number of benzene rings is 2. The summed E-state index contributed by atoms with van der Waals surface area (Å²) in [6, 6.07) is 12.0. The van der Waals surface area contributed by atoms with Crippen LogP contribution in [0.15, 0.2) is 52.1 Å². The molecule has 1 N–H and O–H groups in total. The van der Waals surface area contributed by atoms with Crippen molar-refractivity contribution in [2.75, 3.05) is 18.5 Å². The molecule has 2 aromatic heterocycles. The minimum absolute atomic E-state index is 0.215. The molecule has 0 fully saturated rings. The van der Waals surface area contributed by atoms with Crippen molar-refractivity contribution in [1.82, 2.24) is 18.7 Å². The first kappa shape index (κ1) is 19.9. The van der Waals surface area contributed by atoms with Crippen molar-refractivity contribution >= 4 is 28.3 Å². The molecule has 164 valence electrons. The maximum atomic E-state index is 13.1. The maximum absolute atomic E-state index is 13.1. The van der Waals surface area contributed by atoms with Gasteiger partial charge in [0.15, 0.2) is 11.5 Å². The molecule has 10 nitrogen and oxygen atoms in total. The third kappa shape index (κ3) is 3.29. The van der Waals surface area contributed by atoms with Crippen molar-refractivity contribution in [2.24, 2.45) is 0 Å². The van der Waals surface area contributed by atoms with Gasteiger partial charge in [0.2, 0.25) is 11.7 Å². The lowest BCUT2D eigenvalue weighted by Crippen LogP contribution is -2.29. The monoisotopic (exact) mass is 435 g/mol. The molecule has 1 amide bonds. The lowest BCUT2D eigenvalue weighted by Gasteiger charge is -2.18. The first-order valence-electron chi connectivity index (χ1n) is 10.4. The van der Waals surface area contributed by atoms with Crippen molar-refractivity contribution in [3.63, 3.8) is 0 Å². The van der Waals surface area contributed by atoms with E-state index in [-0.39, 0.29) is 17.9 Å². The molecule has 0 bridgehead atoms. The van der Waals surface area contributed by atoms with Gasteiger partial charge in [-0.2, -0.15) is 0 Å². The largest absolute Gasteiger partial charge is 0.486 e. The smallest absolute Gasteiger partial charge is 0.352 e. The van der Waals surface area contributed by atoms with Crippen LogP contribution in [-0.2, 0) is 17.9 Å². The first-order chi connectivity index (χ1) is 15.6. The van der Waals surface area contributed by atoms with Gasteiger partial charge >= 0.3 is 5.69 Å². The SMILES string of the molecule is CCCn1c(=O)c2ccccc2n2c(=O)n(CC(=O)Nc3ccc4c(c3)OCCO4)nc12. The van der Waals surface area contributed by atoms with Gasteiger partial charge in [0.05, 0.1) is 10.9 Å². The molecule has 0 saturated carbocycles. The van der Waals surface area contributed by atoms with Gasteiger partial charge in [-0.1, -0.05) is 19.1 Å². The number of anilines is 1. The van der Waals surface area contributed by atoms with E-state index in [2.05, 4.69) is 10.4 Å². The van der Waals surface area contributed by atoms with E-state index >= 15 is 0 Å². The average Bonchev–Trinajstić information content (AvgIpc) is 3.12. The molecule has 0 unspecified atom stereocenters. The van der Waals surface area contributed by atoms with Gasteiger partial charge < -0.3 is 14.8 Å². The van der Waals surface area contributed by atoms with Crippen molar-refractivity contribution in [1.29, 1.82) is 0 Å². The minimum atomic E-state index is -0.488. The highest BCUT2D eigenvalue weighted by atomic mass is 16.6. The summed E-state index contributed by atoms with van der Waals surface area (Å²) in [4.78, 5) is 38.7. The zero-order valence-corrected chi connectivity index (χ0v) is 17.4. The van der Waals surface area contributed by atoms with Crippen molar-refractivity contribution in [3.8, 4) is 11.5 Å². The van der Waals surface area contributed by atoms with Crippen LogP contribution >= 0.6 is 0 Å². The van der Waals surface area contributed by atoms with Gasteiger partial charge in [-0.25, -0.2) is 13.9 Å². The molecule has 5 rings (SSSR count). The number of hydrogen-bond acceptors (Lipinski definition) is 6. The molecule has 0 radical (unpaired) electrons. The number of amides is 1. The van der Waals surface area contributed by atoms with E-state index in [1.165, 1.54) is 8.97 Å². The van der Waals surface area contributed by atoms with E-state index in [0.29, 0.717) is 54.3 Å². The number of ether oxygens (including phenoxy) is 2. The molecule has 1 aliphatic heterocycles. The van der Waals surface area contributed by atoms with Crippen LogP contribution in [0.1, 0.15) is 13.3 Å². The van der Waals surface area contributed by atoms with E-state index in [0.717, 1.165) is 4.68 Å². The molecule has 0 spiro atoms. The average molecular weight is 435 g/mol. The summed E-state index contributed by atoms with van der Waals surface area (Å²) in [5.74, 6) is 0.953. The van der Waals surface area contributed by atoms with Gasteiger partial charge in [0.25, 0.3) is 5.56 Å². The summed E-state index contributed by atoms with van der Waals surface area (Å²) in [6.07, 6.45) is 0.694. The number of aromatic nitrogens is 4. The van der Waals surface area contributed by atoms with Crippen LogP contribution in [0.3, 0.4) is 0 Å². The van der Waals surface area contributed by atoms with Crippen LogP contribution < -0.4 is 26.0 Å². The molecule has 3 heterocycles. The van der Waals surface area contributed by atoms with Crippen LogP contribution in [0.2, 0.25) is 0 Å². The number of hydrogen-bond donors (Lipinski definition) is 1. The maximum Gasteiger partial charge on any atom is 0.352 e. The van der Waals surface area contributed by atoms with Crippen LogP contribution in [0.4, 0.5) is 5.69 Å². The Labute approximate surface area is 181 Å². The summed E-state index contributed by atoms with van der Waals surface area (Å²) in [5, 5.41) is 7.49. The molecule has 0 atom stereocenters. The molecule has 4 aromatic rings. The topological polar surface area (TPSA) is 109 Å². The Morgan fingerprint density at radius 2 is 1.88 bits per heavy atom. The molecular weight excluding hydrogens is 414 g/mol. The number of aryl methyl sites for hydroxylation is 1. The highest BCUT2D eigenvalue weighted by Crippen LogP contribution is 2.32. The molecule has 0 aliphatic carbocycles. The van der Waals surface area contributed by atoms with Gasteiger partial charge in [-0.05, 0) is 30.7 Å². The highest BCUT2D eigenvalue weighted by Gasteiger charge is 2.19. The van der Waals surface area contributed by atoms with Gasteiger partial charge in [0.1, 0.15) is 19.8 Å². The number of rotatable bonds is 5. The summed E-state index contributed by atoms with van der Waals surface area (Å²) in [7, 11) is 0. The molecule has 32 heavy (non-hydrogen) atoms. The summed E-state index contributed by atoms with van der Waals surface area (Å²) < 4.78 is 14.9. The Morgan fingerprint density at radius 3 is 2.69 bits per heavy atom. The molecule has 1 aliphatic rings. The Balaban J connectivity index is 1.51. The van der Waals surface area contributed by atoms with E-state index in [1.54, 1.807) is 42.5 Å². The fourth-order valence-electron chi connectivity index (χ4n) is 3.85. The fraction of sp³-hybridized carbons (Fsp3) is 0.273. The van der Waals surface area contributed by atoms with E-state index in [9.17, 15) is 14.4 Å². The first-order valence-corrected chi connectivity index (χ1v) is 10.4. The predicted octanol–water partition coefficient (Wildman–Crippen LogP) is 1.63. The second kappa shape index (κ2) is 7.88. The predicted molar refractivity (Wildman–Crippen MR) is 118 cm³/mol. The molecule has 2 aromatic carbocycles. The van der Waals surface area contributed by atoms with Gasteiger partial charge in [-0.15, -0.1) is 5.10 Å². The van der Waals surface area contributed by atoms with Crippen LogP contribution in [-0.4, -0.2) is 37.9 Å². The zero-order chi connectivity index (χ0) is 22.2. The Hall–Kier alpha value is -4.08. The minimum Gasteiger partial charge on any atom is -0.486 e. The Kier molecular flexibility index (Phi) is 4.89. The zero-order valence-electron chi connectivity index (χ0n) is 17.4. The highest BCUT2D eigenvalue weighted by molar-refractivity contribution is 5.91. The second-order valence-electron chi connectivity index (χ2n) is 7.46. The summed E-state index contributed by atoms with van der Waals surface area (Å²) in [6.45, 7) is 2.96. The van der Waals surface area contributed by atoms with E-state index < -0.39 is 11.6 Å². The van der Waals surface area contributed by atoms with Crippen molar-refractivity contribution in [3.05, 3.63) is 63.3 Å². The third-order valence-electron chi connectivity index (χ3n) is 5.25. The van der Waals surface area contributed by atoms with E-state index in [4.69, 9.17) is 9.47 Å².